The summed E-state index contributed by atoms with van der Waals surface area (Å²) >= 11 is 3.35. The van der Waals surface area contributed by atoms with Gasteiger partial charge in [-0.2, -0.15) is 0 Å². The maximum Gasteiger partial charge on any atom is 0.287 e. The van der Waals surface area contributed by atoms with Crippen molar-refractivity contribution in [2.75, 3.05) is 26.7 Å². The van der Waals surface area contributed by atoms with Crippen LogP contribution in [0.1, 0.15) is 35.0 Å². The molecule has 30 heavy (non-hydrogen) atoms. The summed E-state index contributed by atoms with van der Waals surface area (Å²) < 4.78 is 11.7. The minimum absolute atomic E-state index is 0.0183. The van der Waals surface area contributed by atoms with Crippen LogP contribution in [0.2, 0.25) is 0 Å². The Morgan fingerprint density at radius 3 is 2.60 bits per heavy atom. The van der Waals surface area contributed by atoms with E-state index < -0.39 is 5.91 Å². The van der Waals surface area contributed by atoms with Gasteiger partial charge in [-0.05, 0) is 61.8 Å². The summed E-state index contributed by atoms with van der Waals surface area (Å²) in [6.07, 6.45) is 2.30. The van der Waals surface area contributed by atoms with Gasteiger partial charge in [0.15, 0.2) is 11.2 Å². The van der Waals surface area contributed by atoms with E-state index in [2.05, 4.69) is 26.1 Å². The standard InChI is InChI=1S/C23H23BrN2O4/c1-29-17-7-4-15(5-8-17)19(26-10-2-3-11-26)14-25-23(28)22-13-20(27)18-12-16(24)6-9-21(18)30-22/h4-9,12-13,19H,2-3,10-11,14H2,1H3,(H,25,28)/t19-/m1/s1. The van der Waals surface area contributed by atoms with E-state index in [1.165, 1.54) is 6.07 Å². The Morgan fingerprint density at radius 1 is 1.17 bits per heavy atom. The van der Waals surface area contributed by atoms with Gasteiger partial charge < -0.3 is 14.5 Å². The smallest absolute Gasteiger partial charge is 0.287 e. The lowest BCUT2D eigenvalue weighted by Crippen LogP contribution is -2.37. The molecular formula is C23H23BrN2O4. The summed E-state index contributed by atoms with van der Waals surface area (Å²) in [5, 5.41) is 3.39. The number of carbonyl (C=O) groups is 1. The molecule has 1 aliphatic rings. The van der Waals surface area contributed by atoms with E-state index in [9.17, 15) is 9.59 Å². The highest BCUT2D eigenvalue weighted by Crippen LogP contribution is 2.26. The van der Waals surface area contributed by atoms with Crippen molar-refractivity contribution in [1.82, 2.24) is 10.2 Å². The number of nitrogens with zero attached hydrogens (tertiary/aromatic N) is 1. The summed E-state index contributed by atoms with van der Waals surface area (Å²) in [5.74, 6) is 0.423. The minimum Gasteiger partial charge on any atom is -0.497 e. The summed E-state index contributed by atoms with van der Waals surface area (Å²) in [6.45, 7) is 2.41. The second-order valence-electron chi connectivity index (χ2n) is 7.36. The average Bonchev–Trinajstić information content (AvgIpc) is 3.29. The van der Waals surface area contributed by atoms with Gasteiger partial charge in [0.05, 0.1) is 18.5 Å². The Labute approximate surface area is 183 Å². The molecule has 0 aliphatic carbocycles. The van der Waals surface area contributed by atoms with Crippen molar-refractivity contribution in [3.8, 4) is 5.75 Å². The van der Waals surface area contributed by atoms with E-state index >= 15 is 0 Å². The van der Waals surface area contributed by atoms with Gasteiger partial charge in [0.25, 0.3) is 5.91 Å². The van der Waals surface area contributed by atoms with Crippen LogP contribution in [-0.4, -0.2) is 37.6 Å². The van der Waals surface area contributed by atoms with Gasteiger partial charge in [-0.25, -0.2) is 0 Å². The minimum atomic E-state index is -0.394. The van der Waals surface area contributed by atoms with Crippen molar-refractivity contribution in [3.63, 3.8) is 0 Å². The quantitative estimate of drug-likeness (QED) is 0.586. The average molecular weight is 471 g/mol. The van der Waals surface area contributed by atoms with Crippen molar-refractivity contribution in [3.05, 3.63) is 74.6 Å². The van der Waals surface area contributed by atoms with E-state index in [0.29, 0.717) is 17.5 Å². The molecule has 156 valence electrons. The van der Waals surface area contributed by atoms with Crippen molar-refractivity contribution in [1.29, 1.82) is 0 Å². The molecule has 1 saturated heterocycles. The Kier molecular flexibility index (Phi) is 6.20. The second kappa shape index (κ2) is 9.02. The molecule has 4 rings (SSSR count). The molecule has 0 spiro atoms. The molecule has 0 radical (unpaired) electrons. The van der Waals surface area contributed by atoms with Gasteiger partial charge in [-0.1, -0.05) is 28.1 Å². The van der Waals surface area contributed by atoms with E-state index in [0.717, 1.165) is 41.7 Å². The first-order chi connectivity index (χ1) is 14.5. The molecule has 2 aromatic carbocycles. The first-order valence-electron chi connectivity index (χ1n) is 9.95. The number of hydrogen-bond acceptors (Lipinski definition) is 5. The number of amides is 1. The van der Waals surface area contributed by atoms with Crippen LogP contribution in [0.25, 0.3) is 11.0 Å². The fourth-order valence-corrected chi connectivity index (χ4v) is 4.22. The topological polar surface area (TPSA) is 71.8 Å². The Balaban J connectivity index is 1.54. The zero-order valence-corrected chi connectivity index (χ0v) is 18.3. The fraction of sp³-hybridized carbons (Fsp3) is 0.304. The van der Waals surface area contributed by atoms with Gasteiger partial charge >= 0.3 is 0 Å². The van der Waals surface area contributed by atoms with Crippen LogP contribution in [0.15, 0.2) is 62.2 Å². The summed E-state index contributed by atoms with van der Waals surface area (Å²) in [4.78, 5) is 27.5. The molecule has 1 amide bonds. The number of fused-ring (bicyclic) bond motifs is 1. The maximum atomic E-state index is 12.8. The number of halogens is 1. The molecule has 0 saturated carbocycles. The van der Waals surface area contributed by atoms with Crippen molar-refractivity contribution in [2.24, 2.45) is 0 Å². The van der Waals surface area contributed by atoms with Gasteiger partial charge in [-0.3, -0.25) is 14.5 Å². The second-order valence-corrected chi connectivity index (χ2v) is 8.27. The monoisotopic (exact) mass is 470 g/mol. The third-order valence-corrected chi connectivity index (χ3v) is 5.94. The Bertz CT molecular complexity index is 1100. The zero-order chi connectivity index (χ0) is 21.1. The van der Waals surface area contributed by atoms with Crippen LogP contribution < -0.4 is 15.5 Å². The third kappa shape index (κ3) is 4.42. The highest BCUT2D eigenvalue weighted by molar-refractivity contribution is 9.10. The molecule has 1 aromatic heterocycles. The number of nitrogens with one attached hydrogen (secondary N) is 1. The van der Waals surface area contributed by atoms with Crippen LogP contribution in [-0.2, 0) is 0 Å². The lowest BCUT2D eigenvalue weighted by molar-refractivity contribution is 0.0910. The van der Waals surface area contributed by atoms with E-state index in [1.54, 1.807) is 25.3 Å². The van der Waals surface area contributed by atoms with Crippen LogP contribution >= 0.6 is 15.9 Å². The summed E-state index contributed by atoms with van der Waals surface area (Å²) in [7, 11) is 1.64. The predicted octanol–water partition coefficient (Wildman–Crippen LogP) is 4.13. The van der Waals surface area contributed by atoms with Crippen molar-refractivity contribution >= 4 is 32.8 Å². The Hall–Kier alpha value is -2.64. The first-order valence-corrected chi connectivity index (χ1v) is 10.7. The summed E-state index contributed by atoms with van der Waals surface area (Å²) in [6, 6.07) is 14.4. The Morgan fingerprint density at radius 2 is 1.90 bits per heavy atom. The van der Waals surface area contributed by atoms with Gasteiger partial charge in [-0.15, -0.1) is 0 Å². The number of ether oxygens (including phenoxy) is 1. The van der Waals surface area contributed by atoms with Crippen LogP contribution in [0.4, 0.5) is 0 Å². The normalized spacial score (nSPS) is 15.3. The number of likely N-dealkylation sites (tertiary alicyclic amines) is 1. The molecule has 3 aromatic rings. The molecule has 1 aliphatic heterocycles. The molecule has 0 unspecified atom stereocenters. The molecule has 1 N–H and O–H groups in total. The number of hydrogen-bond donors (Lipinski definition) is 1. The summed E-state index contributed by atoms with van der Waals surface area (Å²) in [5.41, 5.74) is 1.26. The van der Waals surface area contributed by atoms with Crippen molar-refractivity contribution in [2.45, 2.75) is 18.9 Å². The van der Waals surface area contributed by atoms with Crippen molar-refractivity contribution < 1.29 is 13.9 Å². The number of carbonyl (C=O) groups excluding carboxylic acids is 1. The molecular weight excluding hydrogens is 448 g/mol. The first kappa shape index (κ1) is 20.6. The van der Waals surface area contributed by atoms with Crippen LogP contribution in [0.5, 0.6) is 5.75 Å². The van der Waals surface area contributed by atoms with E-state index in [4.69, 9.17) is 9.15 Å². The van der Waals surface area contributed by atoms with Gasteiger partial charge in [0.2, 0.25) is 0 Å². The number of benzene rings is 2. The SMILES string of the molecule is COc1ccc([C@@H](CNC(=O)c2cc(=O)c3cc(Br)ccc3o2)N2CCCC2)cc1. The predicted molar refractivity (Wildman–Crippen MR) is 119 cm³/mol. The molecule has 7 heteroatoms. The molecule has 1 atom stereocenters. The zero-order valence-electron chi connectivity index (χ0n) is 16.7. The third-order valence-electron chi connectivity index (χ3n) is 5.45. The van der Waals surface area contributed by atoms with Gasteiger partial charge in [0, 0.05) is 17.1 Å². The lowest BCUT2D eigenvalue weighted by Gasteiger charge is -2.28. The highest BCUT2D eigenvalue weighted by Gasteiger charge is 2.24. The molecule has 1 fully saturated rings. The largest absolute Gasteiger partial charge is 0.497 e. The lowest BCUT2D eigenvalue weighted by atomic mass is 10.1. The molecule has 0 bridgehead atoms. The van der Waals surface area contributed by atoms with Crippen LogP contribution in [0.3, 0.4) is 0 Å². The highest BCUT2D eigenvalue weighted by atomic mass is 79.9. The molecule has 6 nitrogen and oxygen atoms in total. The van der Waals surface area contributed by atoms with E-state index in [-0.39, 0.29) is 17.2 Å². The molecule has 2 heterocycles. The number of methoxy groups -OCH3 is 1. The van der Waals surface area contributed by atoms with Crippen LogP contribution in [0, 0.1) is 0 Å². The number of rotatable bonds is 6. The van der Waals surface area contributed by atoms with E-state index in [1.807, 2.05) is 24.3 Å². The fourth-order valence-electron chi connectivity index (χ4n) is 3.85. The maximum absolute atomic E-state index is 12.8. The van der Waals surface area contributed by atoms with Gasteiger partial charge in [0.1, 0.15) is 11.3 Å².